The number of phenols is 5. The number of aromatic hydroxyl groups is 5. The first kappa shape index (κ1) is 48.1. The summed E-state index contributed by atoms with van der Waals surface area (Å²) in [5, 5.41) is 146. The largest absolute Gasteiger partial charge is 0.507 e. The molecule has 0 saturated carbocycles. The van der Waals surface area contributed by atoms with Crippen LogP contribution in [0.2, 0.25) is 0 Å². The van der Waals surface area contributed by atoms with Gasteiger partial charge in [0.25, 0.3) is 0 Å². The van der Waals surface area contributed by atoms with Crippen molar-refractivity contribution in [3.8, 4) is 51.6 Å². The first-order chi connectivity index (χ1) is 31.3. The fourth-order valence-electron chi connectivity index (χ4n) is 7.29. The second-order valence-electron chi connectivity index (χ2n) is 15.6. The first-order valence-corrected chi connectivity index (χ1v) is 20.0. The molecule has 3 saturated heterocycles. The van der Waals surface area contributed by atoms with Crippen LogP contribution in [0.4, 0.5) is 0 Å². The van der Waals surface area contributed by atoms with Gasteiger partial charge in [-0.1, -0.05) is 6.07 Å². The van der Waals surface area contributed by atoms with Crippen LogP contribution in [0.25, 0.3) is 28.4 Å². The maximum Gasteiger partial charge on any atom is 0.330 e. The topological polar surface area (TPSA) is 395 Å². The second kappa shape index (κ2) is 19.6. The summed E-state index contributed by atoms with van der Waals surface area (Å²) >= 11 is 0. The molecule has 66 heavy (non-hydrogen) atoms. The molecule has 24 nitrogen and oxygen atoms in total. The second-order valence-corrected chi connectivity index (χ2v) is 15.6. The van der Waals surface area contributed by atoms with Gasteiger partial charge >= 0.3 is 5.97 Å². The highest BCUT2D eigenvalue weighted by atomic mass is 16.8. The van der Waals surface area contributed by atoms with Crippen molar-refractivity contribution in [3.63, 3.8) is 0 Å². The summed E-state index contributed by atoms with van der Waals surface area (Å²) in [5.74, 6) is -5.72. The number of esters is 1. The number of rotatable bonds is 12. The minimum atomic E-state index is -2.12. The van der Waals surface area contributed by atoms with E-state index in [4.69, 9.17) is 37.6 Å². The van der Waals surface area contributed by atoms with Gasteiger partial charge in [0.15, 0.2) is 41.2 Å². The van der Waals surface area contributed by atoms with Gasteiger partial charge < -0.3 is 109 Å². The lowest BCUT2D eigenvalue weighted by Gasteiger charge is -2.45. The van der Waals surface area contributed by atoms with E-state index in [0.717, 1.165) is 42.5 Å². The van der Waals surface area contributed by atoms with E-state index in [2.05, 4.69) is 0 Å². The molecule has 0 unspecified atom stereocenters. The number of carbonyl (C=O) groups excluding carboxylic acids is 1. The van der Waals surface area contributed by atoms with E-state index in [9.17, 15) is 81.1 Å². The van der Waals surface area contributed by atoms with Gasteiger partial charge in [0, 0.05) is 23.8 Å². The Bertz CT molecular complexity index is 2470. The lowest BCUT2D eigenvalue weighted by molar-refractivity contribution is -0.358. The third-order valence-corrected chi connectivity index (χ3v) is 11.0. The number of ether oxygens (including phenoxy) is 7. The van der Waals surface area contributed by atoms with E-state index in [0.29, 0.717) is 0 Å². The summed E-state index contributed by atoms with van der Waals surface area (Å²) in [7, 11) is 0. The van der Waals surface area contributed by atoms with E-state index >= 15 is 0 Å². The highest BCUT2D eigenvalue weighted by molar-refractivity contribution is 5.89. The van der Waals surface area contributed by atoms with E-state index < -0.39 is 168 Å². The number of phenolic OH excluding ortho intramolecular Hbond substituents is 5. The summed E-state index contributed by atoms with van der Waals surface area (Å²) in [6.45, 7) is -0.340. The Morgan fingerprint density at radius 1 is 0.652 bits per heavy atom. The molecule has 3 aliphatic rings. The highest BCUT2D eigenvalue weighted by Crippen LogP contribution is 2.41. The summed E-state index contributed by atoms with van der Waals surface area (Å²) < 4.78 is 45.4. The number of aliphatic hydroxyl groups is 9. The van der Waals surface area contributed by atoms with Crippen molar-refractivity contribution in [2.45, 2.75) is 99.0 Å². The maximum absolute atomic E-state index is 14.4. The van der Waals surface area contributed by atoms with Crippen LogP contribution in [0, 0.1) is 0 Å². The predicted molar refractivity (Wildman–Crippen MR) is 216 cm³/mol. The molecule has 4 heterocycles. The quantitative estimate of drug-likeness (QED) is 0.0395. The van der Waals surface area contributed by atoms with Gasteiger partial charge in [-0.2, -0.15) is 0 Å². The van der Waals surface area contributed by atoms with Gasteiger partial charge in [0.05, 0.1) is 12.7 Å². The van der Waals surface area contributed by atoms with Crippen molar-refractivity contribution in [1.82, 2.24) is 0 Å². The fraction of sp³-hybridized carbons (Fsp3) is 0.429. The number of carbonyl (C=O) groups is 1. The zero-order valence-corrected chi connectivity index (χ0v) is 34.2. The summed E-state index contributed by atoms with van der Waals surface area (Å²) in [5.41, 5.74) is -1.50. The number of benzene rings is 3. The first-order valence-electron chi connectivity index (χ1n) is 20.0. The lowest BCUT2D eigenvalue weighted by atomic mass is 9.97. The molecule has 3 fully saturated rings. The Balaban J connectivity index is 1.19. The van der Waals surface area contributed by atoms with Crippen LogP contribution < -0.4 is 14.9 Å². The van der Waals surface area contributed by atoms with Crippen LogP contribution in [0.3, 0.4) is 0 Å². The molecule has 0 aliphatic carbocycles. The highest BCUT2D eigenvalue weighted by Gasteiger charge is 2.52. The number of hydrogen-bond acceptors (Lipinski definition) is 24. The summed E-state index contributed by atoms with van der Waals surface area (Å²) in [6.07, 6.45) is -25.1. The van der Waals surface area contributed by atoms with Crippen molar-refractivity contribution in [3.05, 3.63) is 70.4 Å². The Kier molecular flexibility index (Phi) is 14.3. The molecule has 1 aromatic heterocycles. The molecule has 0 amide bonds. The Labute approximate surface area is 370 Å². The van der Waals surface area contributed by atoms with Gasteiger partial charge in [-0.3, -0.25) is 4.79 Å². The van der Waals surface area contributed by atoms with Crippen molar-refractivity contribution in [2.75, 3.05) is 13.2 Å². The van der Waals surface area contributed by atoms with E-state index in [1.807, 2.05) is 0 Å². The third-order valence-electron chi connectivity index (χ3n) is 11.0. The standard InChI is InChI=1S/C42H46O24/c1-14-28(50)32(54)35(57)40(60-14)61-17-10-22(48)27-23(11-17)62-37(16-4-6-19(45)21(47)9-16)38(31(27)53)65-42-39(34(56)29(51)24(12-43)63-42)66-41-36(58)33(55)30(52)25(64-41)13-59-26(49)7-3-15-2-5-18(44)20(46)8-15/h2-11,14,24-25,28-30,32-36,39-48,50-52,54-58H,12-13H2,1H3/t14-,24+,25+,28-,29+,30+,32+,33-,34-,35+,36+,39+,40-,41-,42-/m0/s1. The van der Waals surface area contributed by atoms with Crippen LogP contribution >= 0.6 is 0 Å². The maximum atomic E-state index is 14.4. The molecule has 24 heteroatoms. The van der Waals surface area contributed by atoms with Crippen LogP contribution in [0.15, 0.2) is 63.8 Å². The van der Waals surface area contributed by atoms with Crippen molar-refractivity contribution in [2.24, 2.45) is 0 Å². The zero-order chi connectivity index (χ0) is 47.9. The van der Waals surface area contributed by atoms with Crippen LogP contribution in [0.1, 0.15) is 12.5 Å². The average molecular weight is 935 g/mol. The number of hydrogen-bond donors (Lipinski definition) is 14. The molecule has 3 aliphatic heterocycles. The molecule has 0 bridgehead atoms. The van der Waals surface area contributed by atoms with Gasteiger partial charge in [-0.15, -0.1) is 0 Å². The van der Waals surface area contributed by atoms with Gasteiger partial charge in [0.1, 0.15) is 90.1 Å². The Morgan fingerprint density at radius 2 is 1.29 bits per heavy atom. The van der Waals surface area contributed by atoms with Crippen LogP contribution in [-0.4, -0.2) is 183 Å². The van der Waals surface area contributed by atoms with Gasteiger partial charge in [-0.05, 0) is 48.9 Å². The average Bonchev–Trinajstić information content (AvgIpc) is 3.28. The molecule has 7 rings (SSSR count). The smallest absolute Gasteiger partial charge is 0.330 e. The predicted octanol–water partition coefficient (Wildman–Crippen LogP) is -2.54. The van der Waals surface area contributed by atoms with Gasteiger partial charge in [0.2, 0.25) is 23.8 Å². The summed E-state index contributed by atoms with van der Waals surface area (Å²) in [6, 6.07) is 8.79. The Hall–Kier alpha value is -5.84. The van der Waals surface area contributed by atoms with E-state index in [1.54, 1.807) is 0 Å². The van der Waals surface area contributed by atoms with E-state index in [1.165, 1.54) is 25.1 Å². The third kappa shape index (κ3) is 9.67. The SMILES string of the molecule is C[C@@H]1O[C@@H](Oc2cc(O)c3c(=O)c(O[C@@H]4O[C@H](CO)[C@@H](O)[C@H](O)[C@H]4O[C@@H]4O[C@H](COC(=O)C=Cc5ccc(O)c(O)c5)[C@@H](O)[C@H](O)[C@H]4O)c(-c4ccc(O)c(O)c4)oc3c2)[C@H](O)[C@H](O)[C@H]1O. The molecule has 3 aromatic carbocycles. The molecule has 358 valence electrons. The molecule has 14 N–H and O–H groups in total. The van der Waals surface area contributed by atoms with E-state index in [-0.39, 0.29) is 16.9 Å². The normalized spacial score (nSPS) is 32.6. The minimum Gasteiger partial charge on any atom is -0.507 e. The van der Waals surface area contributed by atoms with Crippen molar-refractivity contribution < 1.29 is 114 Å². The molecule has 0 radical (unpaired) electrons. The van der Waals surface area contributed by atoms with Crippen molar-refractivity contribution in [1.29, 1.82) is 0 Å². The van der Waals surface area contributed by atoms with Crippen LogP contribution in [0.5, 0.6) is 40.2 Å². The fourth-order valence-corrected chi connectivity index (χ4v) is 7.29. The van der Waals surface area contributed by atoms with Crippen LogP contribution in [-0.2, 0) is 28.5 Å². The molecular formula is C42H46O24. The lowest BCUT2D eigenvalue weighted by Crippen LogP contribution is -2.65. The monoisotopic (exact) mass is 934 g/mol. The number of fused-ring (bicyclic) bond motifs is 1. The molecule has 4 aromatic rings. The molecule has 0 spiro atoms. The summed E-state index contributed by atoms with van der Waals surface area (Å²) in [4.78, 5) is 26.9. The minimum absolute atomic E-state index is 0.175. The van der Waals surface area contributed by atoms with Crippen molar-refractivity contribution >= 4 is 23.0 Å². The zero-order valence-electron chi connectivity index (χ0n) is 34.2. The van der Waals surface area contributed by atoms with Gasteiger partial charge in [-0.25, -0.2) is 4.79 Å². The molecular weight excluding hydrogens is 888 g/mol. The molecule has 15 atom stereocenters. The number of aliphatic hydroxyl groups excluding tert-OH is 9. The Morgan fingerprint density at radius 3 is 1.97 bits per heavy atom.